The summed E-state index contributed by atoms with van der Waals surface area (Å²) in [5, 5.41) is 2.98. The van der Waals surface area contributed by atoms with E-state index in [0.717, 1.165) is 37.8 Å². The smallest absolute Gasteiger partial charge is 0.276 e. The van der Waals surface area contributed by atoms with E-state index in [1.54, 1.807) is 23.2 Å². The highest BCUT2D eigenvalue weighted by Crippen LogP contribution is 2.28. The molecule has 29 heavy (non-hydrogen) atoms. The van der Waals surface area contributed by atoms with Gasteiger partial charge in [0.05, 0.1) is 0 Å². The van der Waals surface area contributed by atoms with Crippen molar-refractivity contribution in [2.24, 2.45) is 0 Å². The highest BCUT2D eigenvalue weighted by Gasteiger charge is 2.24. The molecule has 0 fully saturated rings. The lowest BCUT2D eigenvalue weighted by atomic mass is 9.97. The van der Waals surface area contributed by atoms with Gasteiger partial charge < -0.3 is 10.2 Å². The van der Waals surface area contributed by atoms with Crippen LogP contribution in [0, 0.1) is 0 Å². The largest absolute Gasteiger partial charge is 0.352 e. The number of para-hydroxylation sites is 1. The fourth-order valence-corrected chi connectivity index (χ4v) is 4.14. The predicted octanol–water partition coefficient (Wildman–Crippen LogP) is 4.29. The Morgan fingerprint density at radius 2 is 1.97 bits per heavy atom. The summed E-state index contributed by atoms with van der Waals surface area (Å²) < 4.78 is 0. The summed E-state index contributed by atoms with van der Waals surface area (Å²) in [6.07, 6.45) is 11.5. The molecule has 0 saturated carbocycles. The third kappa shape index (κ3) is 4.56. The monoisotopic (exact) mass is 389 g/mol. The molecule has 1 aromatic heterocycles. The van der Waals surface area contributed by atoms with Crippen LogP contribution >= 0.6 is 0 Å². The molecule has 1 aliphatic carbocycles. The lowest BCUT2D eigenvalue weighted by Gasteiger charge is -2.29. The Morgan fingerprint density at radius 3 is 2.83 bits per heavy atom. The van der Waals surface area contributed by atoms with E-state index in [4.69, 9.17) is 0 Å². The maximum atomic E-state index is 13.1. The molecule has 0 saturated heterocycles. The van der Waals surface area contributed by atoms with Gasteiger partial charge in [-0.2, -0.15) is 0 Å². The van der Waals surface area contributed by atoms with Gasteiger partial charge in [0, 0.05) is 30.5 Å². The van der Waals surface area contributed by atoms with Crippen LogP contribution < -0.4 is 10.2 Å². The van der Waals surface area contributed by atoms with E-state index in [9.17, 15) is 9.59 Å². The van der Waals surface area contributed by atoms with Crippen LogP contribution in [0.1, 0.15) is 64.9 Å². The van der Waals surface area contributed by atoms with Crippen LogP contribution in [-0.2, 0) is 6.42 Å². The molecule has 0 atom stereocenters. The Labute approximate surface area is 171 Å². The van der Waals surface area contributed by atoms with Crippen molar-refractivity contribution in [2.75, 3.05) is 18.0 Å². The van der Waals surface area contributed by atoms with Crippen molar-refractivity contribution in [2.45, 2.75) is 44.9 Å². The van der Waals surface area contributed by atoms with Crippen molar-refractivity contribution >= 4 is 17.5 Å². The summed E-state index contributed by atoms with van der Waals surface area (Å²) in [5.74, 6) is -0.309. The molecule has 2 heterocycles. The van der Waals surface area contributed by atoms with Gasteiger partial charge in [-0.15, -0.1) is 0 Å². The lowest BCUT2D eigenvalue weighted by molar-refractivity contribution is 0.0954. The number of amides is 2. The van der Waals surface area contributed by atoms with E-state index in [1.165, 1.54) is 24.0 Å². The number of aryl methyl sites for hydroxylation is 1. The van der Waals surface area contributed by atoms with E-state index in [-0.39, 0.29) is 11.8 Å². The number of hydrogen-bond donors (Lipinski definition) is 1. The van der Waals surface area contributed by atoms with Gasteiger partial charge in [-0.25, -0.2) is 0 Å². The molecule has 5 heteroatoms. The minimum absolute atomic E-state index is 0.154. The van der Waals surface area contributed by atoms with E-state index in [1.807, 2.05) is 18.2 Å². The van der Waals surface area contributed by atoms with Crippen LogP contribution in [-0.4, -0.2) is 29.9 Å². The molecule has 5 nitrogen and oxygen atoms in total. The lowest BCUT2D eigenvalue weighted by Crippen LogP contribution is -2.36. The van der Waals surface area contributed by atoms with Gasteiger partial charge in [0.15, 0.2) is 0 Å². The number of carbonyl (C=O) groups excluding carboxylic acids is 2. The number of allylic oxidation sites excluding steroid dienone is 1. The molecule has 0 radical (unpaired) electrons. The zero-order valence-corrected chi connectivity index (χ0v) is 16.7. The van der Waals surface area contributed by atoms with Gasteiger partial charge in [-0.05, 0) is 68.7 Å². The summed E-state index contributed by atoms with van der Waals surface area (Å²) in [4.78, 5) is 31.7. The van der Waals surface area contributed by atoms with E-state index >= 15 is 0 Å². The minimum Gasteiger partial charge on any atom is -0.352 e. The summed E-state index contributed by atoms with van der Waals surface area (Å²) in [5.41, 5.74) is 4.35. The van der Waals surface area contributed by atoms with Crippen LogP contribution in [0.2, 0.25) is 0 Å². The number of nitrogens with zero attached hydrogens (tertiary/aromatic N) is 2. The summed E-state index contributed by atoms with van der Waals surface area (Å²) in [6.45, 7) is 1.29. The summed E-state index contributed by atoms with van der Waals surface area (Å²) in [6, 6.07) is 11.3. The number of anilines is 1. The average Bonchev–Trinajstić information content (AvgIpc) is 2.79. The highest BCUT2D eigenvalue weighted by atomic mass is 16.2. The molecule has 0 unspecified atom stereocenters. The van der Waals surface area contributed by atoms with Crippen molar-refractivity contribution < 1.29 is 9.59 Å². The zero-order valence-electron chi connectivity index (χ0n) is 16.7. The van der Waals surface area contributed by atoms with Crippen LogP contribution in [0.4, 0.5) is 5.69 Å². The van der Waals surface area contributed by atoms with Crippen LogP contribution in [0.3, 0.4) is 0 Å². The normalized spacial score (nSPS) is 16.0. The average molecular weight is 389 g/mol. The van der Waals surface area contributed by atoms with E-state index in [0.29, 0.717) is 24.3 Å². The summed E-state index contributed by atoms with van der Waals surface area (Å²) in [7, 11) is 0. The molecule has 4 rings (SSSR count). The fourth-order valence-electron chi connectivity index (χ4n) is 4.14. The van der Waals surface area contributed by atoms with Gasteiger partial charge in [-0.1, -0.05) is 29.8 Å². The first-order chi connectivity index (χ1) is 14.2. The Kier molecular flexibility index (Phi) is 6.03. The molecular weight excluding hydrogens is 362 g/mol. The Hall–Kier alpha value is -2.95. The quantitative estimate of drug-likeness (QED) is 0.776. The number of pyridine rings is 1. The summed E-state index contributed by atoms with van der Waals surface area (Å²) >= 11 is 0. The van der Waals surface area contributed by atoms with E-state index in [2.05, 4.69) is 22.4 Å². The number of nitrogens with one attached hydrogen (secondary N) is 1. The molecule has 0 bridgehead atoms. The van der Waals surface area contributed by atoms with Gasteiger partial charge in [-0.3, -0.25) is 14.6 Å². The van der Waals surface area contributed by atoms with Crippen molar-refractivity contribution in [3.63, 3.8) is 0 Å². The Morgan fingerprint density at radius 1 is 1.07 bits per heavy atom. The molecular formula is C24H27N3O2. The van der Waals surface area contributed by atoms with Gasteiger partial charge in [0.1, 0.15) is 5.69 Å². The topological polar surface area (TPSA) is 62.3 Å². The number of carbonyl (C=O) groups is 2. The second-order valence-electron chi connectivity index (χ2n) is 7.73. The standard InChI is InChI=1S/C24H27N3O2/c28-23(26-14-12-18-7-2-1-3-8-18)20-13-15-25-21(17-20)24(29)27-16-6-10-19-9-4-5-11-22(19)27/h4-5,7,9,11,13,15,17H,1-3,6,8,10,12,14,16H2,(H,26,28). The molecule has 2 aliphatic rings. The van der Waals surface area contributed by atoms with Gasteiger partial charge >= 0.3 is 0 Å². The highest BCUT2D eigenvalue weighted by molar-refractivity contribution is 6.07. The number of rotatable bonds is 5. The molecule has 1 aliphatic heterocycles. The molecule has 0 spiro atoms. The number of fused-ring (bicyclic) bond motifs is 1. The van der Waals surface area contributed by atoms with Crippen LogP contribution in [0.15, 0.2) is 54.2 Å². The second kappa shape index (κ2) is 9.03. The fraction of sp³-hybridized carbons (Fsp3) is 0.375. The molecule has 1 N–H and O–H groups in total. The van der Waals surface area contributed by atoms with Gasteiger partial charge in [0.25, 0.3) is 11.8 Å². The minimum atomic E-state index is -0.156. The van der Waals surface area contributed by atoms with Crippen LogP contribution in [0.5, 0.6) is 0 Å². The van der Waals surface area contributed by atoms with Crippen molar-refractivity contribution in [1.29, 1.82) is 0 Å². The van der Waals surface area contributed by atoms with Crippen molar-refractivity contribution in [1.82, 2.24) is 10.3 Å². The van der Waals surface area contributed by atoms with Crippen molar-refractivity contribution in [3.8, 4) is 0 Å². The first-order valence-electron chi connectivity index (χ1n) is 10.5. The third-order valence-electron chi connectivity index (χ3n) is 5.71. The SMILES string of the molecule is O=C(NCCC1=CCCCC1)c1ccnc(C(=O)N2CCCc3ccccc32)c1. The Bertz CT molecular complexity index is 935. The number of benzene rings is 1. The maximum absolute atomic E-state index is 13.1. The number of hydrogen-bond acceptors (Lipinski definition) is 3. The number of aromatic nitrogens is 1. The van der Waals surface area contributed by atoms with E-state index < -0.39 is 0 Å². The second-order valence-corrected chi connectivity index (χ2v) is 7.73. The van der Waals surface area contributed by atoms with Gasteiger partial charge in [0.2, 0.25) is 0 Å². The molecule has 1 aromatic carbocycles. The Balaban J connectivity index is 1.42. The first kappa shape index (κ1) is 19.4. The third-order valence-corrected chi connectivity index (χ3v) is 5.71. The predicted molar refractivity (Wildman–Crippen MR) is 114 cm³/mol. The maximum Gasteiger partial charge on any atom is 0.276 e. The zero-order chi connectivity index (χ0) is 20.1. The van der Waals surface area contributed by atoms with Crippen molar-refractivity contribution in [3.05, 3.63) is 71.1 Å². The molecule has 2 amide bonds. The van der Waals surface area contributed by atoms with Crippen LogP contribution in [0.25, 0.3) is 0 Å². The molecule has 2 aromatic rings. The first-order valence-corrected chi connectivity index (χ1v) is 10.5. The molecule has 150 valence electrons.